The third-order valence-electron chi connectivity index (χ3n) is 7.65. The van der Waals surface area contributed by atoms with E-state index in [1.807, 2.05) is 0 Å². The number of carbonyl (C=O) groups is 2. The molecule has 2 aliphatic rings. The van der Waals surface area contributed by atoms with E-state index in [-0.39, 0.29) is 58.8 Å². The van der Waals surface area contributed by atoms with E-state index in [0.29, 0.717) is 12.8 Å². The molecule has 2 amide bonds. The molecular formula is C27H31ClF2N2O6S. The number of anilines is 1. The SMILES string of the molecule is CC(C)(O)CC(=O)NCC1(O)C2CC[C@@H]1CC(S(=O)(=O)c1cc(C(=O)Nc3ccc(F)c(F)c3)ccc1Cl)C2. The zero-order valence-electron chi connectivity index (χ0n) is 21.5. The summed E-state index contributed by atoms with van der Waals surface area (Å²) in [6.45, 7) is 2.98. The maximum absolute atomic E-state index is 13.7. The van der Waals surface area contributed by atoms with Crippen LogP contribution in [0.15, 0.2) is 41.3 Å². The average Bonchev–Trinajstić information content (AvgIpc) is 3.00. The maximum Gasteiger partial charge on any atom is 0.255 e. The van der Waals surface area contributed by atoms with Gasteiger partial charge in [0, 0.05) is 23.9 Å². The molecule has 2 fully saturated rings. The van der Waals surface area contributed by atoms with Crippen molar-refractivity contribution in [1.29, 1.82) is 0 Å². The van der Waals surface area contributed by atoms with Gasteiger partial charge in [-0.1, -0.05) is 11.6 Å². The molecule has 0 spiro atoms. The fourth-order valence-corrected chi connectivity index (χ4v) is 8.07. The van der Waals surface area contributed by atoms with Crippen molar-refractivity contribution in [2.24, 2.45) is 11.8 Å². The van der Waals surface area contributed by atoms with E-state index >= 15 is 0 Å². The summed E-state index contributed by atoms with van der Waals surface area (Å²) in [6, 6.07) is 6.63. The molecule has 4 atom stereocenters. The highest BCUT2D eigenvalue weighted by Crippen LogP contribution is 2.52. The Bertz CT molecular complexity index is 1380. The number of amides is 2. The number of nitrogens with one attached hydrogen (secondary N) is 2. The summed E-state index contributed by atoms with van der Waals surface area (Å²) in [5.41, 5.74) is -2.50. The summed E-state index contributed by atoms with van der Waals surface area (Å²) in [6.07, 6.45) is 1.36. The molecule has 2 saturated carbocycles. The molecule has 4 N–H and O–H groups in total. The first-order chi connectivity index (χ1) is 18.1. The standard InChI is InChI=1S/C27H31ClF2N2O6S/c1-26(2,35)13-24(33)31-14-27(36)16-4-5-17(27)11-19(10-16)39(37,38)23-9-15(3-7-20(23)28)25(34)32-18-6-8-21(29)22(30)12-18/h3,6-9,12,16-17,19,35-36H,4-5,10-11,13-14H2,1-2H3,(H,31,33)(H,32,34)/t16-,17?,19?,27?/m1/s1. The number of hydrogen-bond acceptors (Lipinski definition) is 6. The molecule has 2 aromatic rings. The summed E-state index contributed by atoms with van der Waals surface area (Å²) < 4.78 is 54.1. The summed E-state index contributed by atoms with van der Waals surface area (Å²) in [4.78, 5) is 24.7. The van der Waals surface area contributed by atoms with Crippen LogP contribution in [0.4, 0.5) is 14.5 Å². The van der Waals surface area contributed by atoms with Gasteiger partial charge in [0.1, 0.15) is 0 Å². The maximum atomic E-state index is 13.7. The second-order valence-corrected chi connectivity index (χ2v) is 13.7. The highest BCUT2D eigenvalue weighted by Gasteiger charge is 2.55. The van der Waals surface area contributed by atoms with E-state index in [9.17, 15) is 37.0 Å². The molecule has 4 rings (SSSR count). The van der Waals surface area contributed by atoms with Crippen LogP contribution in [0.25, 0.3) is 0 Å². The van der Waals surface area contributed by atoms with Gasteiger partial charge in [0.05, 0.1) is 32.8 Å². The average molecular weight is 585 g/mol. The number of carbonyl (C=O) groups excluding carboxylic acids is 2. The minimum Gasteiger partial charge on any atom is -0.390 e. The summed E-state index contributed by atoms with van der Waals surface area (Å²) >= 11 is 6.27. The van der Waals surface area contributed by atoms with Gasteiger partial charge in [-0.2, -0.15) is 0 Å². The van der Waals surface area contributed by atoms with Gasteiger partial charge in [0.25, 0.3) is 5.91 Å². The lowest BCUT2D eigenvalue weighted by Gasteiger charge is -2.42. The number of aliphatic hydroxyl groups is 2. The molecule has 12 heteroatoms. The molecule has 39 heavy (non-hydrogen) atoms. The Morgan fingerprint density at radius 2 is 1.72 bits per heavy atom. The fraction of sp³-hybridized carbons (Fsp3) is 0.481. The van der Waals surface area contributed by atoms with Crippen LogP contribution in [0.1, 0.15) is 56.3 Å². The predicted octanol–water partition coefficient (Wildman–Crippen LogP) is 3.84. The molecule has 0 saturated heterocycles. The van der Waals surface area contributed by atoms with Gasteiger partial charge < -0.3 is 20.8 Å². The Morgan fingerprint density at radius 3 is 2.31 bits per heavy atom. The largest absolute Gasteiger partial charge is 0.390 e. The number of sulfone groups is 1. The molecule has 0 radical (unpaired) electrons. The molecule has 0 heterocycles. The van der Waals surface area contributed by atoms with Crippen LogP contribution in [0.3, 0.4) is 0 Å². The first kappa shape index (κ1) is 29.4. The first-order valence-corrected chi connectivity index (χ1v) is 14.5. The molecule has 2 aromatic carbocycles. The number of halogens is 3. The third kappa shape index (κ3) is 6.26. The smallest absolute Gasteiger partial charge is 0.255 e. The van der Waals surface area contributed by atoms with Crippen molar-refractivity contribution in [3.63, 3.8) is 0 Å². The van der Waals surface area contributed by atoms with Crippen molar-refractivity contribution in [3.05, 3.63) is 58.6 Å². The number of benzene rings is 2. The van der Waals surface area contributed by atoms with E-state index in [4.69, 9.17) is 11.6 Å². The van der Waals surface area contributed by atoms with E-state index in [1.54, 1.807) is 0 Å². The molecule has 2 bridgehead atoms. The zero-order chi connectivity index (χ0) is 28.8. The Hall–Kier alpha value is -2.60. The van der Waals surface area contributed by atoms with Gasteiger partial charge in [-0.15, -0.1) is 0 Å². The van der Waals surface area contributed by atoms with Crippen molar-refractivity contribution < 1.29 is 37.0 Å². The first-order valence-electron chi connectivity index (χ1n) is 12.6. The normalized spacial score (nSPS) is 24.8. The summed E-state index contributed by atoms with van der Waals surface area (Å²) in [5.74, 6) is -4.10. The Labute approximate surface area is 230 Å². The second kappa shape index (κ2) is 10.8. The van der Waals surface area contributed by atoms with Crippen LogP contribution in [0.2, 0.25) is 5.02 Å². The number of hydrogen-bond donors (Lipinski definition) is 4. The Kier molecular flexibility index (Phi) is 8.11. The monoisotopic (exact) mass is 584 g/mol. The van der Waals surface area contributed by atoms with Gasteiger partial charge in [0.2, 0.25) is 5.91 Å². The molecule has 3 unspecified atom stereocenters. The van der Waals surface area contributed by atoms with Crippen molar-refractivity contribution in [1.82, 2.24) is 5.32 Å². The summed E-state index contributed by atoms with van der Waals surface area (Å²) in [5, 5.41) is 25.4. The molecule has 2 aliphatic carbocycles. The van der Waals surface area contributed by atoms with Crippen LogP contribution < -0.4 is 10.6 Å². The molecular weight excluding hydrogens is 554 g/mol. The van der Waals surface area contributed by atoms with Crippen LogP contribution in [0.5, 0.6) is 0 Å². The van der Waals surface area contributed by atoms with Crippen molar-refractivity contribution >= 4 is 38.9 Å². The van der Waals surface area contributed by atoms with Gasteiger partial charge in [-0.25, -0.2) is 17.2 Å². The topological polar surface area (TPSA) is 133 Å². The van der Waals surface area contributed by atoms with Crippen LogP contribution in [-0.2, 0) is 14.6 Å². The molecule has 8 nitrogen and oxygen atoms in total. The quantitative estimate of drug-likeness (QED) is 0.373. The summed E-state index contributed by atoms with van der Waals surface area (Å²) in [7, 11) is -4.02. The lowest BCUT2D eigenvalue weighted by Crippen LogP contribution is -2.55. The molecule has 0 aliphatic heterocycles. The van der Waals surface area contributed by atoms with Crippen LogP contribution in [-0.4, -0.2) is 53.4 Å². The van der Waals surface area contributed by atoms with Gasteiger partial charge >= 0.3 is 0 Å². The van der Waals surface area contributed by atoms with Crippen molar-refractivity contribution in [3.8, 4) is 0 Å². The van der Waals surface area contributed by atoms with E-state index in [2.05, 4.69) is 10.6 Å². The van der Waals surface area contributed by atoms with Crippen LogP contribution >= 0.6 is 11.6 Å². The second-order valence-electron chi connectivity index (χ2n) is 11.1. The van der Waals surface area contributed by atoms with Crippen molar-refractivity contribution in [2.75, 3.05) is 11.9 Å². The van der Waals surface area contributed by atoms with Gasteiger partial charge in [0.15, 0.2) is 21.5 Å². The Morgan fingerprint density at radius 1 is 1.08 bits per heavy atom. The van der Waals surface area contributed by atoms with Gasteiger partial charge in [-0.05, 0) is 81.7 Å². The minimum atomic E-state index is -4.02. The minimum absolute atomic E-state index is 0.00367. The number of fused-ring (bicyclic) bond motifs is 2. The lowest BCUT2D eigenvalue weighted by molar-refractivity contribution is -0.128. The highest BCUT2D eigenvalue weighted by atomic mass is 35.5. The predicted molar refractivity (Wildman–Crippen MR) is 141 cm³/mol. The lowest BCUT2D eigenvalue weighted by atomic mass is 9.74. The fourth-order valence-electron chi connectivity index (χ4n) is 5.67. The Balaban J connectivity index is 1.50. The third-order valence-corrected chi connectivity index (χ3v) is 10.3. The number of rotatable bonds is 8. The molecule has 0 aromatic heterocycles. The highest BCUT2D eigenvalue weighted by molar-refractivity contribution is 7.92. The van der Waals surface area contributed by atoms with Crippen molar-refractivity contribution in [2.45, 2.75) is 67.3 Å². The van der Waals surface area contributed by atoms with Crippen LogP contribution in [0, 0.1) is 23.5 Å². The zero-order valence-corrected chi connectivity index (χ0v) is 23.1. The molecule has 212 valence electrons. The van der Waals surface area contributed by atoms with E-state index in [1.165, 1.54) is 32.0 Å². The van der Waals surface area contributed by atoms with E-state index < -0.39 is 49.7 Å². The van der Waals surface area contributed by atoms with Gasteiger partial charge in [-0.3, -0.25) is 9.59 Å². The van der Waals surface area contributed by atoms with E-state index in [0.717, 1.165) is 18.2 Å².